The Morgan fingerprint density at radius 1 is 1.19 bits per heavy atom. The smallest absolute Gasteiger partial charge is 0.238 e. The van der Waals surface area contributed by atoms with Crippen LogP contribution in [-0.2, 0) is 9.59 Å². The molecule has 0 spiro atoms. The van der Waals surface area contributed by atoms with Crippen LogP contribution in [0.25, 0.3) is 0 Å². The lowest BCUT2D eigenvalue weighted by Crippen LogP contribution is -2.27. The van der Waals surface area contributed by atoms with Gasteiger partial charge in [-0.3, -0.25) is 14.5 Å². The minimum absolute atomic E-state index is 0.0154. The molecule has 1 saturated heterocycles. The predicted molar refractivity (Wildman–Crippen MR) is 128 cm³/mol. The molecule has 0 unspecified atom stereocenters. The standard InChI is InChI=1S/C25H30N2O4S/c1-16(13-25(2,3)4)10-22(28)26-18-7-5-6-17(11-18)24-27(23(29)14-32-24)19-8-9-20-21(12-19)31-15-30-20/h5-9,11-12,16,24H,10,13-15H2,1-4H3,(H,26,28)/t16-,24+/m1/s1. The number of carbonyl (C=O) groups excluding carboxylic acids is 2. The largest absolute Gasteiger partial charge is 0.454 e. The highest BCUT2D eigenvalue weighted by Crippen LogP contribution is 2.45. The third kappa shape index (κ3) is 5.21. The Balaban J connectivity index is 1.48. The highest BCUT2D eigenvalue weighted by atomic mass is 32.2. The summed E-state index contributed by atoms with van der Waals surface area (Å²) in [4.78, 5) is 27.1. The Kier molecular flexibility index (Phi) is 6.38. The van der Waals surface area contributed by atoms with Crippen molar-refractivity contribution in [1.82, 2.24) is 0 Å². The molecule has 7 heteroatoms. The van der Waals surface area contributed by atoms with E-state index in [0.717, 1.165) is 23.4 Å². The predicted octanol–water partition coefficient (Wildman–Crippen LogP) is 5.59. The molecule has 0 aliphatic carbocycles. The van der Waals surface area contributed by atoms with Crippen LogP contribution in [0.5, 0.6) is 11.5 Å². The van der Waals surface area contributed by atoms with Crippen LogP contribution < -0.4 is 19.7 Å². The van der Waals surface area contributed by atoms with Crippen molar-refractivity contribution in [2.24, 2.45) is 11.3 Å². The van der Waals surface area contributed by atoms with E-state index in [4.69, 9.17) is 9.47 Å². The third-order valence-electron chi connectivity index (χ3n) is 5.45. The molecule has 32 heavy (non-hydrogen) atoms. The molecule has 2 aliphatic heterocycles. The van der Waals surface area contributed by atoms with Crippen molar-refractivity contribution in [1.29, 1.82) is 0 Å². The monoisotopic (exact) mass is 454 g/mol. The molecule has 0 radical (unpaired) electrons. The van der Waals surface area contributed by atoms with Gasteiger partial charge in [-0.05, 0) is 47.6 Å². The summed E-state index contributed by atoms with van der Waals surface area (Å²) in [5, 5.41) is 2.87. The Hall–Kier alpha value is -2.67. The number of anilines is 2. The van der Waals surface area contributed by atoms with Crippen LogP contribution in [0, 0.1) is 11.3 Å². The van der Waals surface area contributed by atoms with Crippen LogP contribution >= 0.6 is 11.8 Å². The van der Waals surface area contributed by atoms with E-state index in [9.17, 15) is 9.59 Å². The van der Waals surface area contributed by atoms with Crippen LogP contribution in [0.1, 0.15) is 51.5 Å². The van der Waals surface area contributed by atoms with Crippen molar-refractivity contribution >= 4 is 35.0 Å². The third-order valence-corrected chi connectivity index (χ3v) is 6.66. The number of benzene rings is 2. The first-order valence-electron chi connectivity index (χ1n) is 10.9. The topological polar surface area (TPSA) is 67.9 Å². The molecule has 2 heterocycles. The van der Waals surface area contributed by atoms with Gasteiger partial charge in [0.15, 0.2) is 11.5 Å². The van der Waals surface area contributed by atoms with E-state index in [2.05, 4.69) is 33.0 Å². The quantitative estimate of drug-likeness (QED) is 0.616. The molecule has 1 fully saturated rings. The van der Waals surface area contributed by atoms with Gasteiger partial charge >= 0.3 is 0 Å². The lowest BCUT2D eigenvalue weighted by Gasteiger charge is -2.25. The summed E-state index contributed by atoms with van der Waals surface area (Å²) in [5.41, 5.74) is 2.70. The molecule has 2 aliphatic rings. The minimum atomic E-state index is -0.167. The van der Waals surface area contributed by atoms with Gasteiger partial charge in [0.2, 0.25) is 18.6 Å². The molecule has 0 aromatic heterocycles. The molecule has 4 rings (SSSR count). The van der Waals surface area contributed by atoms with E-state index in [1.165, 1.54) is 0 Å². The minimum Gasteiger partial charge on any atom is -0.454 e. The fraction of sp³-hybridized carbons (Fsp3) is 0.440. The molecule has 2 atom stereocenters. The van der Waals surface area contributed by atoms with Crippen LogP contribution in [-0.4, -0.2) is 24.4 Å². The number of hydrogen-bond donors (Lipinski definition) is 1. The molecule has 170 valence electrons. The van der Waals surface area contributed by atoms with E-state index < -0.39 is 0 Å². The van der Waals surface area contributed by atoms with Gasteiger partial charge in [-0.15, -0.1) is 11.8 Å². The zero-order chi connectivity index (χ0) is 22.9. The molecule has 0 bridgehead atoms. The Labute approximate surface area is 193 Å². The number of amides is 2. The van der Waals surface area contributed by atoms with Crippen molar-refractivity contribution in [2.45, 2.75) is 45.9 Å². The van der Waals surface area contributed by atoms with Crippen molar-refractivity contribution in [3.63, 3.8) is 0 Å². The number of hydrogen-bond acceptors (Lipinski definition) is 5. The maximum atomic E-state index is 12.7. The number of rotatable bonds is 6. The number of nitrogens with one attached hydrogen (secondary N) is 1. The first-order chi connectivity index (χ1) is 15.2. The fourth-order valence-corrected chi connectivity index (χ4v) is 5.57. The maximum Gasteiger partial charge on any atom is 0.238 e. The molecule has 2 amide bonds. The van der Waals surface area contributed by atoms with Crippen LogP contribution in [0.2, 0.25) is 0 Å². The van der Waals surface area contributed by atoms with Gasteiger partial charge in [0.25, 0.3) is 0 Å². The summed E-state index contributed by atoms with van der Waals surface area (Å²) >= 11 is 1.58. The SMILES string of the molecule is C[C@H](CC(=O)Nc1cccc([C@@H]2SCC(=O)N2c2ccc3c(c2)OCO3)c1)CC(C)(C)C. The summed E-state index contributed by atoms with van der Waals surface area (Å²) in [6.45, 7) is 8.89. The summed E-state index contributed by atoms with van der Waals surface area (Å²) in [5.74, 6) is 2.11. The van der Waals surface area contributed by atoms with Crippen molar-refractivity contribution in [3.05, 3.63) is 48.0 Å². The zero-order valence-corrected chi connectivity index (χ0v) is 19.8. The highest BCUT2D eigenvalue weighted by molar-refractivity contribution is 8.00. The highest BCUT2D eigenvalue weighted by Gasteiger charge is 2.35. The van der Waals surface area contributed by atoms with Gasteiger partial charge < -0.3 is 14.8 Å². The average Bonchev–Trinajstić information content (AvgIpc) is 3.32. The van der Waals surface area contributed by atoms with Gasteiger partial charge in [0.1, 0.15) is 5.37 Å². The Morgan fingerprint density at radius 2 is 1.97 bits per heavy atom. The Morgan fingerprint density at radius 3 is 2.75 bits per heavy atom. The van der Waals surface area contributed by atoms with Gasteiger partial charge in [-0.1, -0.05) is 39.8 Å². The second-order valence-electron chi connectivity index (χ2n) is 9.71. The molecule has 2 aromatic rings. The van der Waals surface area contributed by atoms with Crippen molar-refractivity contribution in [3.8, 4) is 11.5 Å². The van der Waals surface area contributed by atoms with E-state index in [1.807, 2.05) is 42.5 Å². The second kappa shape index (κ2) is 9.06. The summed E-state index contributed by atoms with van der Waals surface area (Å²) < 4.78 is 10.9. The maximum absolute atomic E-state index is 12.7. The molecule has 1 N–H and O–H groups in total. The molecule has 0 saturated carbocycles. The van der Waals surface area contributed by atoms with E-state index >= 15 is 0 Å². The second-order valence-corrected chi connectivity index (χ2v) is 10.8. The molecule has 2 aromatic carbocycles. The Bertz CT molecular complexity index is 1020. The lowest BCUT2D eigenvalue weighted by molar-refractivity contribution is -0.117. The van der Waals surface area contributed by atoms with Gasteiger partial charge in [0.05, 0.1) is 5.75 Å². The van der Waals surface area contributed by atoms with Crippen molar-refractivity contribution in [2.75, 3.05) is 22.8 Å². The van der Waals surface area contributed by atoms with Crippen molar-refractivity contribution < 1.29 is 19.1 Å². The number of carbonyl (C=O) groups is 2. The first-order valence-corrected chi connectivity index (χ1v) is 12.0. The average molecular weight is 455 g/mol. The van der Waals surface area contributed by atoms with E-state index in [1.54, 1.807) is 16.7 Å². The zero-order valence-electron chi connectivity index (χ0n) is 19.0. The number of thioether (sulfide) groups is 1. The number of ether oxygens (including phenoxy) is 2. The fourth-order valence-electron chi connectivity index (χ4n) is 4.40. The molecule has 6 nitrogen and oxygen atoms in total. The van der Waals surface area contributed by atoms with Crippen LogP contribution in [0.4, 0.5) is 11.4 Å². The summed E-state index contributed by atoms with van der Waals surface area (Å²) in [7, 11) is 0. The number of nitrogens with zero attached hydrogens (tertiary/aromatic N) is 1. The lowest BCUT2D eigenvalue weighted by atomic mass is 9.84. The van der Waals surface area contributed by atoms with Gasteiger partial charge in [-0.25, -0.2) is 0 Å². The summed E-state index contributed by atoms with van der Waals surface area (Å²) in [6, 6.07) is 13.3. The van der Waals surface area contributed by atoms with Crippen LogP contribution in [0.3, 0.4) is 0 Å². The number of fused-ring (bicyclic) bond motifs is 1. The van der Waals surface area contributed by atoms with E-state index in [0.29, 0.717) is 29.6 Å². The van der Waals surface area contributed by atoms with Gasteiger partial charge in [0, 0.05) is 23.9 Å². The first kappa shape index (κ1) is 22.5. The normalized spacial score (nSPS) is 18.7. The van der Waals surface area contributed by atoms with E-state index in [-0.39, 0.29) is 29.4 Å². The summed E-state index contributed by atoms with van der Waals surface area (Å²) in [6.07, 6.45) is 1.48. The van der Waals surface area contributed by atoms with Crippen LogP contribution in [0.15, 0.2) is 42.5 Å². The molecular formula is C25H30N2O4S. The van der Waals surface area contributed by atoms with Gasteiger partial charge in [-0.2, -0.15) is 0 Å². The molecular weight excluding hydrogens is 424 g/mol.